The van der Waals surface area contributed by atoms with Gasteiger partial charge in [0.1, 0.15) is 5.75 Å². The van der Waals surface area contributed by atoms with E-state index in [1.54, 1.807) is 0 Å². The minimum absolute atomic E-state index is 0.0504. The lowest BCUT2D eigenvalue weighted by molar-refractivity contribution is -0.0549. The molecule has 1 aromatic rings. The molecular formula is C9H7F5O4S. The van der Waals surface area contributed by atoms with Gasteiger partial charge in [0.25, 0.3) is 0 Å². The van der Waals surface area contributed by atoms with Crippen LogP contribution in [-0.2, 0) is 20.9 Å². The lowest BCUT2D eigenvalue weighted by Crippen LogP contribution is -2.25. The molecule has 0 unspecified atom stereocenters. The molecule has 0 aromatic heterocycles. The maximum atomic E-state index is 11.9. The minimum atomic E-state index is -5.68. The van der Waals surface area contributed by atoms with Crippen molar-refractivity contribution in [3.8, 4) is 5.75 Å². The molecule has 0 atom stereocenters. The van der Waals surface area contributed by atoms with Gasteiger partial charge in [-0.2, -0.15) is 30.4 Å². The number of hydrogen-bond acceptors (Lipinski definition) is 4. The lowest BCUT2D eigenvalue weighted by Gasteiger charge is -2.09. The molecule has 0 N–H and O–H groups in total. The number of alkyl halides is 5. The van der Waals surface area contributed by atoms with Crippen LogP contribution in [0.5, 0.6) is 5.75 Å². The summed E-state index contributed by atoms with van der Waals surface area (Å²) in [4.78, 5) is 0. The molecule has 0 saturated carbocycles. The smallest absolute Gasteiger partial charge is 0.435 e. The molecular weight excluding hydrogens is 299 g/mol. The molecule has 0 aliphatic carbocycles. The van der Waals surface area contributed by atoms with Gasteiger partial charge in [0.05, 0.1) is 6.61 Å². The maximum Gasteiger partial charge on any atom is 0.523 e. The van der Waals surface area contributed by atoms with Crippen molar-refractivity contribution in [3.05, 3.63) is 29.8 Å². The zero-order valence-corrected chi connectivity index (χ0v) is 9.84. The van der Waals surface area contributed by atoms with E-state index in [2.05, 4.69) is 8.92 Å². The number of hydrogen-bond donors (Lipinski definition) is 0. The molecule has 0 aliphatic rings. The van der Waals surface area contributed by atoms with Gasteiger partial charge in [-0.1, -0.05) is 12.1 Å². The van der Waals surface area contributed by atoms with E-state index in [0.29, 0.717) is 0 Å². The third-order valence-electron chi connectivity index (χ3n) is 1.81. The molecule has 4 nitrogen and oxygen atoms in total. The Balaban J connectivity index is 2.65. The summed E-state index contributed by atoms with van der Waals surface area (Å²) in [6.07, 6.45) is 0. The zero-order valence-electron chi connectivity index (χ0n) is 9.02. The molecule has 0 saturated heterocycles. The average Bonchev–Trinajstić information content (AvgIpc) is 2.26. The molecule has 0 fully saturated rings. The van der Waals surface area contributed by atoms with Crippen molar-refractivity contribution in [1.29, 1.82) is 0 Å². The van der Waals surface area contributed by atoms with Gasteiger partial charge in [0, 0.05) is 0 Å². The Bertz CT molecular complexity index is 508. The minimum Gasteiger partial charge on any atom is -0.435 e. The first-order valence-electron chi connectivity index (χ1n) is 4.61. The molecule has 0 spiro atoms. The van der Waals surface area contributed by atoms with E-state index < -0.39 is 28.8 Å². The Morgan fingerprint density at radius 3 is 2.05 bits per heavy atom. The van der Waals surface area contributed by atoms with Gasteiger partial charge in [-0.15, -0.1) is 0 Å². The highest BCUT2D eigenvalue weighted by atomic mass is 32.2. The van der Waals surface area contributed by atoms with E-state index in [1.807, 2.05) is 0 Å². The van der Waals surface area contributed by atoms with Crippen LogP contribution in [0.2, 0.25) is 0 Å². The van der Waals surface area contributed by atoms with Crippen molar-refractivity contribution in [2.24, 2.45) is 0 Å². The fraction of sp³-hybridized carbons (Fsp3) is 0.333. The molecule has 0 heterocycles. The highest BCUT2D eigenvalue weighted by Crippen LogP contribution is 2.25. The Kier molecular flexibility index (Phi) is 4.69. The van der Waals surface area contributed by atoms with E-state index in [4.69, 9.17) is 0 Å². The van der Waals surface area contributed by atoms with Gasteiger partial charge in [-0.3, -0.25) is 4.18 Å². The standard InChI is InChI=1S/C9H7F5O4S/c10-8(11)18-7-3-1-6(2-4-7)5-17-19(15,16)9(12,13)14/h1-4,8H,5H2. The van der Waals surface area contributed by atoms with Crippen molar-refractivity contribution < 1.29 is 39.3 Å². The Morgan fingerprint density at radius 2 is 1.63 bits per heavy atom. The molecule has 19 heavy (non-hydrogen) atoms. The molecule has 1 aromatic carbocycles. The van der Waals surface area contributed by atoms with Gasteiger partial charge in [-0.25, -0.2) is 0 Å². The van der Waals surface area contributed by atoms with E-state index in [9.17, 15) is 30.4 Å². The largest absolute Gasteiger partial charge is 0.523 e. The average molecular weight is 306 g/mol. The van der Waals surface area contributed by atoms with E-state index in [-0.39, 0.29) is 11.3 Å². The molecule has 10 heteroatoms. The second-order valence-electron chi connectivity index (χ2n) is 3.18. The zero-order chi connectivity index (χ0) is 14.7. The third-order valence-corrected chi connectivity index (χ3v) is 2.81. The Labute approximate surface area is 104 Å². The van der Waals surface area contributed by atoms with Gasteiger partial charge >= 0.3 is 22.2 Å². The molecule has 0 radical (unpaired) electrons. The summed E-state index contributed by atoms with van der Waals surface area (Å²) in [5.74, 6) is -0.211. The van der Waals surface area contributed by atoms with Crippen LogP contribution in [-0.4, -0.2) is 20.5 Å². The molecule has 1 rings (SSSR count). The Morgan fingerprint density at radius 1 is 1.11 bits per heavy atom. The van der Waals surface area contributed by atoms with E-state index in [1.165, 1.54) is 0 Å². The maximum absolute atomic E-state index is 11.9. The van der Waals surface area contributed by atoms with Crippen LogP contribution >= 0.6 is 0 Å². The van der Waals surface area contributed by atoms with E-state index >= 15 is 0 Å². The number of benzene rings is 1. The van der Waals surface area contributed by atoms with Gasteiger partial charge < -0.3 is 4.74 Å². The van der Waals surface area contributed by atoms with Crippen molar-refractivity contribution in [2.45, 2.75) is 18.7 Å². The number of halogens is 5. The molecule has 0 aliphatic heterocycles. The van der Waals surface area contributed by atoms with Crippen LogP contribution in [0.3, 0.4) is 0 Å². The second-order valence-corrected chi connectivity index (χ2v) is 4.79. The fourth-order valence-corrected chi connectivity index (χ4v) is 1.40. The fourth-order valence-electron chi connectivity index (χ4n) is 0.980. The SMILES string of the molecule is O=S(=O)(OCc1ccc(OC(F)F)cc1)C(F)(F)F. The number of ether oxygens (including phenoxy) is 1. The summed E-state index contributed by atoms with van der Waals surface area (Å²) in [5.41, 5.74) is -5.46. The monoisotopic (exact) mass is 306 g/mol. The first-order chi connectivity index (χ1) is 8.62. The van der Waals surface area contributed by atoms with Gasteiger partial charge in [-0.05, 0) is 17.7 Å². The first-order valence-corrected chi connectivity index (χ1v) is 6.02. The summed E-state index contributed by atoms with van der Waals surface area (Å²) >= 11 is 0. The van der Waals surface area contributed by atoms with Crippen LogP contribution in [0.15, 0.2) is 24.3 Å². The van der Waals surface area contributed by atoms with E-state index in [0.717, 1.165) is 24.3 Å². The van der Waals surface area contributed by atoms with Crippen molar-refractivity contribution in [2.75, 3.05) is 0 Å². The van der Waals surface area contributed by atoms with Crippen LogP contribution in [0.4, 0.5) is 22.0 Å². The quantitative estimate of drug-likeness (QED) is 0.477. The summed E-state index contributed by atoms with van der Waals surface area (Å²) in [6, 6.07) is 4.29. The predicted molar refractivity (Wildman–Crippen MR) is 52.8 cm³/mol. The van der Waals surface area contributed by atoms with Crippen LogP contribution < -0.4 is 4.74 Å². The van der Waals surface area contributed by atoms with Crippen LogP contribution in [0.1, 0.15) is 5.56 Å². The van der Waals surface area contributed by atoms with Crippen LogP contribution in [0.25, 0.3) is 0 Å². The van der Waals surface area contributed by atoms with Crippen LogP contribution in [0, 0.1) is 0 Å². The highest BCUT2D eigenvalue weighted by Gasteiger charge is 2.47. The van der Waals surface area contributed by atoms with Gasteiger partial charge in [0.2, 0.25) is 0 Å². The van der Waals surface area contributed by atoms with Crippen molar-refractivity contribution in [3.63, 3.8) is 0 Å². The summed E-state index contributed by atoms with van der Waals surface area (Å²) in [5, 5.41) is 0. The van der Waals surface area contributed by atoms with Gasteiger partial charge in [0.15, 0.2) is 0 Å². The summed E-state index contributed by atoms with van der Waals surface area (Å²) in [7, 11) is -5.68. The van der Waals surface area contributed by atoms with Crippen molar-refractivity contribution >= 4 is 10.1 Å². The topological polar surface area (TPSA) is 52.6 Å². The van der Waals surface area contributed by atoms with Crippen molar-refractivity contribution in [1.82, 2.24) is 0 Å². The molecule has 0 amide bonds. The third kappa shape index (κ3) is 4.63. The second kappa shape index (κ2) is 5.70. The highest BCUT2D eigenvalue weighted by molar-refractivity contribution is 7.87. The number of rotatable bonds is 5. The lowest BCUT2D eigenvalue weighted by atomic mass is 10.2. The normalized spacial score (nSPS) is 12.7. The molecule has 0 bridgehead atoms. The summed E-state index contributed by atoms with van der Waals surface area (Å²) in [6.45, 7) is -3.90. The Hall–Kier alpha value is -1.42. The summed E-state index contributed by atoms with van der Waals surface area (Å²) < 4.78 is 88.3. The predicted octanol–water partition coefficient (Wildman–Crippen LogP) is 2.65. The molecule has 108 valence electrons. The first kappa shape index (κ1) is 15.6.